The number of hydrogen-bond acceptors (Lipinski definition) is 10. The number of ether oxygens (including phenoxy) is 3. The number of likely N-dealkylation sites (N-methyl/N-ethyl adjacent to an activating group) is 1. The lowest BCUT2D eigenvalue weighted by Crippen LogP contribution is -2.43. The summed E-state index contributed by atoms with van der Waals surface area (Å²) in [4.78, 5) is 18.7. The third-order valence-corrected chi connectivity index (χ3v) is 18.0. The van der Waals surface area contributed by atoms with Gasteiger partial charge in [0.1, 0.15) is 42.1 Å². The van der Waals surface area contributed by atoms with E-state index in [2.05, 4.69) is 70.3 Å². The number of β-amino-alcohol motifs (C(OH)–C–C–N with tert-alkyl or cyclic N) is 1. The number of rotatable bonds is 12. The summed E-state index contributed by atoms with van der Waals surface area (Å²) in [6.45, 7) is 15.7. The molecule has 2 fully saturated rings. The number of halogens is 2. The lowest BCUT2D eigenvalue weighted by molar-refractivity contribution is 0.0512. The lowest BCUT2D eigenvalue weighted by Gasteiger charge is -2.38. The van der Waals surface area contributed by atoms with Crippen molar-refractivity contribution in [3.63, 3.8) is 0 Å². The predicted octanol–water partition coefficient (Wildman–Crippen LogP) is 8.15. The monoisotopic (exact) mass is 774 g/mol. The first-order valence-electron chi connectivity index (χ1n) is 19.5. The second-order valence-corrected chi connectivity index (χ2v) is 21.5. The van der Waals surface area contributed by atoms with Gasteiger partial charge in [0.15, 0.2) is 12.6 Å². The molecule has 4 heterocycles. The molecule has 4 aromatic rings. The highest BCUT2D eigenvalue weighted by atomic mass is 28.3. The van der Waals surface area contributed by atoms with Crippen LogP contribution in [0.5, 0.6) is 11.6 Å². The number of pyridine rings is 1. The first kappa shape index (κ1) is 40.6. The van der Waals surface area contributed by atoms with Crippen molar-refractivity contribution in [1.29, 1.82) is 0 Å². The zero-order valence-corrected chi connectivity index (χ0v) is 34.7. The van der Waals surface area contributed by atoms with Gasteiger partial charge in [0, 0.05) is 43.7 Å². The second-order valence-electron chi connectivity index (χ2n) is 16.0. The molecule has 2 aliphatic heterocycles. The molecule has 0 unspecified atom stereocenters. The van der Waals surface area contributed by atoms with Gasteiger partial charge in [0.05, 0.1) is 18.8 Å². The quantitative estimate of drug-likeness (QED) is 0.0833. The number of aromatic nitrogens is 3. The van der Waals surface area contributed by atoms with E-state index in [0.29, 0.717) is 70.4 Å². The van der Waals surface area contributed by atoms with E-state index in [-0.39, 0.29) is 47.0 Å². The minimum Gasteiger partial charge on any atom is -0.480 e. The van der Waals surface area contributed by atoms with Crippen molar-refractivity contribution in [1.82, 2.24) is 19.9 Å². The molecular weight excluding hydrogens is 719 g/mol. The minimum absolute atomic E-state index is 0.000405. The molecule has 0 bridgehead atoms. The summed E-state index contributed by atoms with van der Waals surface area (Å²) in [6, 6.07) is 6.76. The normalized spacial score (nSPS) is 18.1. The molecule has 2 atom stereocenters. The van der Waals surface area contributed by atoms with Gasteiger partial charge in [-0.1, -0.05) is 53.5 Å². The molecule has 296 valence electrons. The molecule has 55 heavy (non-hydrogen) atoms. The molecule has 2 saturated heterocycles. The van der Waals surface area contributed by atoms with E-state index in [0.717, 1.165) is 25.8 Å². The van der Waals surface area contributed by atoms with Gasteiger partial charge in [-0.3, -0.25) is 0 Å². The van der Waals surface area contributed by atoms with E-state index in [1.807, 2.05) is 4.90 Å². The van der Waals surface area contributed by atoms with Crippen LogP contribution in [0.3, 0.4) is 0 Å². The maximum Gasteiger partial charge on any atom is 0.227 e. The van der Waals surface area contributed by atoms with Gasteiger partial charge < -0.3 is 34.4 Å². The van der Waals surface area contributed by atoms with E-state index >= 15 is 8.78 Å². The third kappa shape index (κ3) is 7.97. The number of aliphatic hydroxyl groups is 1. The average molecular weight is 775 g/mol. The number of nitrogens with zero attached hydrogens (tertiary/aromatic N) is 5. The smallest absolute Gasteiger partial charge is 0.227 e. The molecule has 2 N–H and O–H groups in total. The van der Waals surface area contributed by atoms with Gasteiger partial charge in [-0.2, -0.15) is 4.98 Å². The zero-order chi connectivity index (χ0) is 39.6. The Morgan fingerprint density at radius 2 is 1.69 bits per heavy atom. The topological polar surface area (TPSA) is 105 Å². The van der Waals surface area contributed by atoms with E-state index < -0.39 is 25.8 Å². The Hall–Kier alpha value is -4.09. The highest BCUT2D eigenvalue weighted by molar-refractivity contribution is 6.90. The van der Waals surface area contributed by atoms with Crippen molar-refractivity contribution in [2.24, 2.45) is 0 Å². The van der Waals surface area contributed by atoms with Crippen molar-refractivity contribution in [2.45, 2.75) is 96.0 Å². The fourth-order valence-electron chi connectivity index (χ4n) is 8.89. The molecule has 2 aromatic heterocycles. The summed E-state index contributed by atoms with van der Waals surface area (Å²) in [5.74, 6) is 3.29. The summed E-state index contributed by atoms with van der Waals surface area (Å²) in [5.41, 5.74) is 5.01. The van der Waals surface area contributed by atoms with E-state index in [4.69, 9.17) is 29.2 Å². The van der Waals surface area contributed by atoms with Gasteiger partial charge in [0.2, 0.25) is 11.8 Å². The Balaban J connectivity index is 1.64. The molecule has 0 radical (unpaired) electrons. The Morgan fingerprint density at radius 3 is 2.33 bits per heavy atom. The molecule has 6 rings (SSSR count). The highest BCUT2D eigenvalue weighted by Crippen LogP contribution is 2.44. The fraction of sp³-hybridized carbons (Fsp3) is 0.548. The summed E-state index contributed by atoms with van der Waals surface area (Å²) >= 11 is 0. The van der Waals surface area contributed by atoms with Gasteiger partial charge >= 0.3 is 0 Å². The summed E-state index contributed by atoms with van der Waals surface area (Å²) in [5, 5.41) is 15.4. The maximum atomic E-state index is 17.6. The minimum atomic E-state index is -2.29. The van der Waals surface area contributed by atoms with Crippen molar-refractivity contribution in [3.05, 3.63) is 41.5 Å². The van der Waals surface area contributed by atoms with Crippen molar-refractivity contribution < 1.29 is 28.1 Å². The number of benzene rings is 2. The summed E-state index contributed by atoms with van der Waals surface area (Å²) in [6.07, 6.45) is 2.97. The standard InChI is InChI=1S/C42H56F2N6O4Si/c1-25(2)55(26(3)4,27(5)6)19-16-32-34(43)15-14-28-20-31(54-24-52-8)21-33(35(28)32)38-37(44)39-36(41(46-38)53-9)40(50-18-11-13-30(51)23-50)48-42(47-39)45-22-29-12-10-17-49(29)7/h14-15,20-21,25-27,29-30,51H,10-13,17-18,22-24H2,1-9H3,(H,45,47,48)/t29-,30-/m1/s1. The number of nitrogens with one attached hydrogen (secondary N) is 1. The second kappa shape index (κ2) is 17.0. The lowest BCUT2D eigenvalue weighted by atomic mass is 9.95. The molecule has 13 heteroatoms. The molecule has 0 aliphatic carbocycles. The highest BCUT2D eigenvalue weighted by Gasteiger charge is 2.42. The number of piperidine rings is 1. The van der Waals surface area contributed by atoms with Crippen LogP contribution in [0.4, 0.5) is 20.5 Å². The van der Waals surface area contributed by atoms with E-state index in [1.54, 1.807) is 18.2 Å². The van der Waals surface area contributed by atoms with Crippen LogP contribution >= 0.6 is 0 Å². The van der Waals surface area contributed by atoms with Crippen LogP contribution in [0.2, 0.25) is 16.6 Å². The molecule has 0 saturated carbocycles. The van der Waals surface area contributed by atoms with Crippen molar-refractivity contribution in [3.8, 4) is 34.4 Å². The van der Waals surface area contributed by atoms with Gasteiger partial charge in [0.25, 0.3) is 0 Å². The Labute approximate surface area is 325 Å². The average Bonchev–Trinajstić information content (AvgIpc) is 3.57. The number of anilines is 2. The fourth-order valence-corrected chi connectivity index (χ4v) is 14.1. The first-order chi connectivity index (χ1) is 26.3. The van der Waals surface area contributed by atoms with E-state index in [1.165, 1.54) is 20.3 Å². The largest absolute Gasteiger partial charge is 0.480 e. The van der Waals surface area contributed by atoms with Crippen molar-refractivity contribution >= 4 is 41.5 Å². The Bertz CT molecular complexity index is 2070. The third-order valence-electron chi connectivity index (χ3n) is 11.7. The molecule has 0 spiro atoms. The van der Waals surface area contributed by atoms with E-state index in [9.17, 15) is 5.11 Å². The van der Waals surface area contributed by atoms with Crippen LogP contribution in [-0.2, 0) is 4.74 Å². The van der Waals surface area contributed by atoms with Crippen LogP contribution in [0.25, 0.3) is 32.9 Å². The van der Waals surface area contributed by atoms with Crippen molar-refractivity contribution in [2.75, 3.05) is 64.5 Å². The number of hydrogen-bond donors (Lipinski definition) is 2. The predicted molar refractivity (Wildman–Crippen MR) is 219 cm³/mol. The van der Waals surface area contributed by atoms with Gasteiger partial charge in [-0.25, -0.2) is 18.7 Å². The summed E-state index contributed by atoms with van der Waals surface area (Å²) < 4.78 is 50.9. The Morgan fingerprint density at radius 1 is 0.964 bits per heavy atom. The van der Waals surface area contributed by atoms with Crippen LogP contribution in [0.1, 0.15) is 72.8 Å². The van der Waals surface area contributed by atoms with Crippen LogP contribution in [-0.4, -0.2) is 99.4 Å². The number of likely N-dealkylation sites (tertiary alicyclic amines) is 1. The number of aliphatic hydroxyl groups excluding tert-OH is 1. The van der Waals surface area contributed by atoms with Crippen LogP contribution in [0.15, 0.2) is 24.3 Å². The zero-order valence-electron chi connectivity index (χ0n) is 33.7. The molecule has 2 aliphatic rings. The molecule has 0 amide bonds. The molecule has 10 nitrogen and oxygen atoms in total. The maximum absolute atomic E-state index is 17.6. The summed E-state index contributed by atoms with van der Waals surface area (Å²) in [7, 11) is 2.79. The van der Waals surface area contributed by atoms with Gasteiger partial charge in [-0.05, 0) is 79.5 Å². The van der Waals surface area contributed by atoms with Crippen LogP contribution < -0.4 is 19.7 Å². The number of fused-ring (bicyclic) bond motifs is 2. The first-order valence-corrected chi connectivity index (χ1v) is 21.8. The van der Waals surface area contributed by atoms with Gasteiger partial charge in [-0.15, -0.1) is 5.54 Å². The molecule has 2 aromatic carbocycles. The van der Waals surface area contributed by atoms with Crippen LogP contribution in [0, 0.1) is 23.1 Å². The molecular formula is C42H56F2N6O4Si. The number of methoxy groups -OCH3 is 2. The SMILES string of the molecule is COCOc1cc(-c2nc(OC)c3c(N4CCC[C@@H](O)C4)nc(NC[C@H]4CCCN4C)nc3c2F)c2c(C#C[Si](C(C)C)(C(C)C)C(C)C)c(F)ccc2c1. The Kier molecular flexibility index (Phi) is 12.5.